The third-order valence-electron chi connectivity index (χ3n) is 3.91. The summed E-state index contributed by atoms with van der Waals surface area (Å²) in [5, 5.41) is 5.75. The fraction of sp³-hybridized carbons (Fsp3) is 0.429. The number of fused-ring (bicyclic) bond motifs is 1. The second kappa shape index (κ2) is 4.12. The average Bonchev–Trinajstić information content (AvgIpc) is 2.53. The van der Waals surface area contributed by atoms with E-state index in [1.165, 1.54) is 0 Å². The third-order valence-corrected chi connectivity index (χ3v) is 3.91. The summed E-state index contributed by atoms with van der Waals surface area (Å²) >= 11 is 0. The Labute approximate surface area is 106 Å². The van der Waals surface area contributed by atoms with Crippen LogP contribution in [-0.2, 0) is 9.59 Å². The van der Waals surface area contributed by atoms with Crippen molar-refractivity contribution in [3.63, 3.8) is 0 Å². The molecule has 1 fully saturated rings. The number of carbonyl (C=O) groups excluding carboxylic acids is 2. The number of amides is 2. The molecular formula is C14H16N2O2. The third kappa shape index (κ3) is 1.78. The Morgan fingerprint density at radius 3 is 2.83 bits per heavy atom. The molecule has 0 radical (unpaired) electrons. The summed E-state index contributed by atoms with van der Waals surface area (Å²) in [6.07, 6.45) is 3.14. The molecule has 1 heterocycles. The molecule has 1 aromatic carbocycles. The number of rotatable bonds is 2. The molecule has 0 aromatic heterocycles. The lowest BCUT2D eigenvalue weighted by molar-refractivity contribution is -0.122. The summed E-state index contributed by atoms with van der Waals surface area (Å²) in [5.41, 5.74) is 2.61. The van der Waals surface area contributed by atoms with E-state index in [1.54, 1.807) is 0 Å². The quantitative estimate of drug-likeness (QED) is 0.839. The highest BCUT2D eigenvalue weighted by atomic mass is 16.2. The highest BCUT2D eigenvalue weighted by molar-refractivity contribution is 6.03. The van der Waals surface area contributed by atoms with E-state index < -0.39 is 0 Å². The smallest absolute Gasteiger partial charge is 0.231 e. The van der Waals surface area contributed by atoms with Gasteiger partial charge in [0.05, 0.1) is 5.92 Å². The summed E-state index contributed by atoms with van der Waals surface area (Å²) in [5.74, 6) is 0.162. The zero-order valence-corrected chi connectivity index (χ0v) is 10.3. The minimum atomic E-state index is -0.138. The molecular weight excluding hydrogens is 228 g/mol. The van der Waals surface area contributed by atoms with Gasteiger partial charge in [-0.15, -0.1) is 0 Å². The van der Waals surface area contributed by atoms with Crippen LogP contribution in [0, 0.1) is 5.92 Å². The maximum Gasteiger partial charge on any atom is 0.231 e. The normalized spacial score (nSPS) is 22.1. The van der Waals surface area contributed by atoms with Crippen molar-refractivity contribution in [2.75, 3.05) is 10.6 Å². The van der Waals surface area contributed by atoms with Gasteiger partial charge in [0, 0.05) is 17.3 Å². The van der Waals surface area contributed by atoms with Crippen LogP contribution in [0.25, 0.3) is 0 Å². The molecule has 1 saturated carbocycles. The zero-order chi connectivity index (χ0) is 12.7. The first-order valence-electron chi connectivity index (χ1n) is 6.41. The van der Waals surface area contributed by atoms with Crippen LogP contribution in [0.1, 0.15) is 37.7 Å². The van der Waals surface area contributed by atoms with Gasteiger partial charge in [-0.25, -0.2) is 0 Å². The van der Waals surface area contributed by atoms with Crippen molar-refractivity contribution in [3.05, 3.63) is 23.8 Å². The van der Waals surface area contributed by atoms with E-state index >= 15 is 0 Å². The highest BCUT2D eigenvalue weighted by Gasteiger charge is 2.28. The molecule has 1 atom stereocenters. The molecule has 2 amide bonds. The molecule has 1 aromatic rings. The lowest BCUT2D eigenvalue weighted by Gasteiger charge is -2.24. The Hall–Kier alpha value is -1.84. The van der Waals surface area contributed by atoms with Crippen LogP contribution in [0.3, 0.4) is 0 Å². The monoisotopic (exact) mass is 244 g/mol. The Bertz CT molecular complexity index is 521. The zero-order valence-electron chi connectivity index (χ0n) is 10.3. The molecule has 4 heteroatoms. The summed E-state index contributed by atoms with van der Waals surface area (Å²) in [6, 6.07) is 5.59. The first-order valence-corrected chi connectivity index (χ1v) is 6.41. The van der Waals surface area contributed by atoms with Gasteiger partial charge in [-0.1, -0.05) is 6.42 Å². The number of benzene rings is 1. The van der Waals surface area contributed by atoms with Crippen LogP contribution in [0.15, 0.2) is 18.2 Å². The molecule has 94 valence electrons. The van der Waals surface area contributed by atoms with Gasteiger partial charge < -0.3 is 10.6 Å². The highest BCUT2D eigenvalue weighted by Crippen LogP contribution is 2.34. The molecule has 2 N–H and O–H groups in total. The maximum atomic E-state index is 11.8. The predicted octanol–water partition coefficient (Wildman–Crippen LogP) is 2.48. The van der Waals surface area contributed by atoms with Crippen molar-refractivity contribution in [2.45, 2.75) is 32.1 Å². The molecule has 1 unspecified atom stereocenters. The summed E-state index contributed by atoms with van der Waals surface area (Å²) in [7, 11) is 0. The first kappa shape index (κ1) is 11.3. The standard InChI is InChI=1S/C14H16N2O2/c1-8-11-7-10(5-6-12(11)16-13(8)17)15-14(18)9-3-2-4-9/h5-9H,2-4H2,1H3,(H,15,18)(H,16,17). The summed E-state index contributed by atoms with van der Waals surface area (Å²) in [6.45, 7) is 1.87. The summed E-state index contributed by atoms with van der Waals surface area (Å²) in [4.78, 5) is 23.4. The molecule has 3 rings (SSSR count). The van der Waals surface area contributed by atoms with Crippen LogP contribution in [-0.4, -0.2) is 11.8 Å². The minimum Gasteiger partial charge on any atom is -0.326 e. The fourth-order valence-electron chi connectivity index (χ4n) is 2.41. The second-order valence-electron chi connectivity index (χ2n) is 5.13. The van der Waals surface area contributed by atoms with Gasteiger partial charge >= 0.3 is 0 Å². The average molecular weight is 244 g/mol. The van der Waals surface area contributed by atoms with E-state index in [-0.39, 0.29) is 23.7 Å². The van der Waals surface area contributed by atoms with E-state index in [9.17, 15) is 9.59 Å². The number of hydrogen-bond acceptors (Lipinski definition) is 2. The van der Waals surface area contributed by atoms with Gasteiger partial charge in [0.25, 0.3) is 0 Å². The largest absolute Gasteiger partial charge is 0.326 e. The van der Waals surface area contributed by atoms with Gasteiger partial charge in [-0.3, -0.25) is 9.59 Å². The number of hydrogen-bond donors (Lipinski definition) is 2. The van der Waals surface area contributed by atoms with E-state index in [4.69, 9.17) is 0 Å². The van der Waals surface area contributed by atoms with Crippen LogP contribution < -0.4 is 10.6 Å². The Morgan fingerprint density at radius 1 is 1.39 bits per heavy atom. The molecule has 4 nitrogen and oxygen atoms in total. The van der Waals surface area contributed by atoms with E-state index in [0.29, 0.717) is 0 Å². The fourth-order valence-corrected chi connectivity index (χ4v) is 2.41. The van der Waals surface area contributed by atoms with Crippen LogP contribution >= 0.6 is 0 Å². The van der Waals surface area contributed by atoms with Gasteiger partial charge in [0.2, 0.25) is 11.8 Å². The lowest BCUT2D eigenvalue weighted by Crippen LogP contribution is -2.28. The van der Waals surface area contributed by atoms with Crippen molar-refractivity contribution in [3.8, 4) is 0 Å². The Balaban J connectivity index is 1.78. The van der Waals surface area contributed by atoms with Gasteiger partial charge in [-0.2, -0.15) is 0 Å². The van der Waals surface area contributed by atoms with Gasteiger partial charge in [0.1, 0.15) is 0 Å². The lowest BCUT2D eigenvalue weighted by atomic mass is 9.85. The van der Waals surface area contributed by atoms with E-state index in [2.05, 4.69) is 10.6 Å². The van der Waals surface area contributed by atoms with Crippen LogP contribution in [0.5, 0.6) is 0 Å². The number of anilines is 2. The Kier molecular flexibility index (Phi) is 2.58. The maximum absolute atomic E-state index is 11.8. The molecule has 2 aliphatic rings. The minimum absolute atomic E-state index is 0.0208. The van der Waals surface area contributed by atoms with E-state index in [0.717, 1.165) is 36.2 Å². The van der Waals surface area contributed by atoms with Crippen molar-refractivity contribution >= 4 is 23.2 Å². The van der Waals surface area contributed by atoms with Crippen molar-refractivity contribution in [1.82, 2.24) is 0 Å². The van der Waals surface area contributed by atoms with Gasteiger partial charge in [-0.05, 0) is 43.5 Å². The molecule has 18 heavy (non-hydrogen) atoms. The van der Waals surface area contributed by atoms with Crippen LogP contribution in [0.4, 0.5) is 11.4 Å². The topological polar surface area (TPSA) is 58.2 Å². The second-order valence-corrected chi connectivity index (χ2v) is 5.13. The van der Waals surface area contributed by atoms with E-state index in [1.807, 2.05) is 25.1 Å². The molecule has 1 aliphatic carbocycles. The molecule has 1 aliphatic heterocycles. The molecule has 0 spiro atoms. The number of carbonyl (C=O) groups is 2. The predicted molar refractivity (Wildman–Crippen MR) is 69.5 cm³/mol. The molecule has 0 bridgehead atoms. The Morgan fingerprint density at radius 2 is 2.17 bits per heavy atom. The van der Waals surface area contributed by atoms with Crippen molar-refractivity contribution in [2.24, 2.45) is 5.92 Å². The number of nitrogens with one attached hydrogen (secondary N) is 2. The van der Waals surface area contributed by atoms with Crippen molar-refractivity contribution in [1.29, 1.82) is 0 Å². The molecule has 0 saturated heterocycles. The SMILES string of the molecule is CC1C(=O)Nc2ccc(NC(=O)C3CCC3)cc21. The summed E-state index contributed by atoms with van der Waals surface area (Å²) < 4.78 is 0. The first-order chi connectivity index (χ1) is 8.65. The van der Waals surface area contributed by atoms with Crippen LogP contribution in [0.2, 0.25) is 0 Å². The van der Waals surface area contributed by atoms with Crippen molar-refractivity contribution < 1.29 is 9.59 Å². The van der Waals surface area contributed by atoms with Gasteiger partial charge in [0.15, 0.2) is 0 Å².